The Bertz CT molecular complexity index is 594. The van der Waals surface area contributed by atoms with Crippen LogP contribution >= 0.6 is 11.3 Å². The molecule has 0 saturated carbocycles. The fourth-order valence-electron chi connectivity index (χ4n) is 3.16. The van der Waals surface area contributed by atoms with Gasteiger partial charge in [-0.2, -0.15) is 0 Å². The highest BCUT2D eigenvalue weighted by Crippen LogP contribution is 2.33. The van der Waals surface area contributed by atoms with Gasteiger partial charge in [0.1, 0.15) is 5.71 Å². The maximum absolute atomic E-state index is 12.2. The molecular weight excluding hydrogens is 332 g/mol. The van der Waals surface area contributed by atoms with Gasteiger partial charge in [0.05, 0.1) is 30.5 Å². The van der Waals surface area contributed by atoms with E-state index in [1.165, 1.54) is 11.3 Å². The number of oxime groups is 1. The van der Waals surface area contributed by atoms with Crippen molar-refractivity contribution in [1.82, 2.24) is 15.2 Å². The van der Waals surface area contributed by atoms with Crippen molar-refractivity contribution in [2.75, 3.05) is 26.2 Å². The number of amides is 1. The van der Waals surface area contributed by atoms with E-state index in [2.05, 4.69) is 20.4 Å². The Labute approximate surface area is 144 Å². The molecule has 3 rings (SSSR count). The van der Waals surface area contributed by atoms with Crippen molar-refractivity contribution in [1.29, 1.82) is 0 Å². The number of aliphatic hydroxyl groups excluding tert-OH is 2. The standard InChI is InChI=1S/C15H22N4O4S/c20-7-12(21)6-19-3-1-2-15(9-19)4-13(18-23-15)14(22)16-5-11-8-24-10-17-11/h8,10,12,20-21H,1-7,9H2,(H,16,22)/t12-,15+/m0/s1. The molecule has 0 bridgehead atoms. The molecule has 0 radical (unpaired) electrons. The fourth-order valence-corrected chi connectivity index (χ4v) is 3.72. The summed E-state index contributed by atoms with van der Waals surface area (Å²) in [6.45, 7) is 1.95. The zero-order valence-corrected chi connectivity index (χ0v) is 14.2. The van der Waals surface area contributed by atoms with Gasteiger partial charge in [-0.3, -0.25) is 9.69 Å². The summed E-state index contributed by atoms with van der Waals surface area (Å²) in [5.74, 6) is -0.229. The summed E-state index contributed by atoms with van der Waals surface area (Å²) in [5, 5.41) is 27.3. The second-order valence-corrected chi connectivity index (χ2v) is 7.05. The molecule has 1 aromatic rings. The van der Waals surface area contributed by atoms with Crippen LogP contribution in [0, 0.1) is 0 Å². The lowest BCUT2D eigenvalue weighted by Crippen LogP contribution is -2.51. The number of aliphatic hydroxyl groups is 2. The summed E-state index contributed by atoms with van der Waals surface area (Å²) < 4.78 is 0. The number of likely N-dealkylation sites (tertiary alicyclic amines) is 1. The molecule has 2 atom stereocenters. The number of nitrogens with zero attached hydrogens (tertiary/aromatic N) is 3. The van der Waals surface area contributed by atoms with Gasteiger partial charge < -0.3 is 20.4 Å². The van der Waals surface area contributed by atoms with Crippen molar-refractivity contribution in [2.24, 2.45) is 5.16 Å². The average Bonchev–Trinajstić information content (AvgIpc) is 3.23. The SMILES string of the molecule is O=C(NCc1cscn1)C1=NO[C@]2(CCCN(C[C@H](O)CO)C2)C1. The monoisotopic (exact) mass is 354 g/mol. The number of hydrogen-bond donors (Lipinski definition) is 3. The topological polar surface area (TPSA) is 107 Å². The highest BCUT2D eigenvalue weighted by molar-refractivity contribution is 7.07. The van der Waals surface area contributed by atoms with Crippen LogP contribution in [0.4, 0.5) is 0 Å². The first-order chi connectivity index (χ1) is 11.6. The highest BCUT2D eigenvalue weighted by Gasteiger charge is 2.44. The summed E-state index contributed by atoms with van der Waals surface area (Å²) in [7, 11) is 0. The van der Waals surface area contributed by atoms with Crippen LogP contribution in [0.3, 0.4) is 0 Å². The van der Waals surface area contributed by atoms with E-state index < -0.39 is 11.7 Å². The van der Waals surface area contributed by atoms with E-state index in [1.807, 2.05) is 5.38 Å². The average molecular weight is 354 g/mol. The third kappa shape index (κ3) is 4.10. The third-order valence-corrected chi connectivity index (χ3v) is 4.95. The molecule has 0 unspecified atom stereocenters. The number of β-amino-alcohol motifs (C(OH)–C–C–N with tert-alkyl or cyclic N) is 1. The van der Waals surface area contributed by atoms with Crippen LogP contribution in [-0.4, -0.2) is 69.7 Å². The molecule has 1 amide bonds. The van der Waals surface area contributed by atoms with Crippen LogP contribution in [0.15, 0.2) is 16.0 Å². The predicted octanol–water partition coefficient (Wildman–Crippen LogP) is -0.277. The molecule has 24 heavy (non-hydrogen) atoms. The second kappa shape index (κ2) is 7.56. The van der Waals surface area contributed by atoms with Crippen LogP contribution in [0.5, 0.6) is 0 Å². The molecule has 132 valence electrons. The Kier molecular flexibility index (Phi) is 5.44. The Balaban J connectivity index is 1.52. The van der Waals surface area contributed by atoms with Crippen molar-refractivity contribution in [2.45, 2.75) is 37.5 Å². The number of carbonyl (C=O) groups is 1. The first kappa shape index (κ1) is 17.3. The van der Waals surface area contributed by atoms with Crippen molar-refractivity contribution >= 4 is 23.0 Å². The van der Waals surface area contributed by atoms with Gasteiger partial charge in [-0.25, -0.2) is 4.98 Å². The third-order valence-electron chi connectivity index (χ3n) is 4.31. The summed E-state index contributed by atoms with van der Waals surface area (Å²) >= 11 is 1.49. The lowest BCUT2D eigenvalue weighted by Gasteiger charge is -2.38. The Morgan fingerprint density at radius 1 is 1.58 bits per heavy atom. The minimum Gasteiger partial charge on any atom is -0.394 e. The molecule has 1 spiro atoms. The molecule has 1 aromatic heterocycles. The van der Waals surface area contributed by atoms with E-state index in [1.54, 1.807) is 5.51 Å². The quantitative estimate of drug-likeness (QED) is 0.649. The van der Waals surface area contributed by atoms with E-state index in [-0.39, 0.29) is 12.5 Å². The minimum atomic E-state index is -0.761. The van der Waals surface area contributed by atoms with Gasteiger partial charge in [0.25, 0.3) is 5.91 Å². The Morgan fingerprint density at radius 3 is 3.21 bits per heavy atom. The molecule has 1 saturated heterocycles. The van der Waals surface area contributed by atoms with E-state index in [9.17, 15) is 9.90 Å². The minimum absolute atomic E-state index is 0.229. The summed E-state index contributed by atoms with van der Waals surface area (Å²) in [5.41, 5.74) is 2.45. The maximum atomic E-state index is 12.2. The summed E-state index contributed by atoms with van der Waals surface area (Å²) in [6, 6.07) is 0. The molecule has 2 aliphatic heterocycles. The number of rotatable bonds is 6. The van der Waals surface area contributed by atoms with Crippen molar-refractivity contribution in [3.8, 4) is 0 Å². The first-order valence-corrected chi connectivity index (χ1v) is 8.96. The van der Waals surface area contributed by atoms with Crippen LogP contribution in [0.2, 0.25) is 0 Å². The van der Waals surface area contributed by atoms with Gasteiger partial charge in [-0.05, 0) is 19.4 Å². The number of thiazole rings is 1. The van der Waals surface area contributed by atoms with Crippen LogP contribution in [0.25, 0.3) is 0 Å². The predicted molar refractivity (Wildman–Crippen MR) is 88.6 cm³/mol. The van der Waals surface area contributed by atoms with Crippen molar-refractivity contribution in [3.63, 3.8) is 0 Å². The normalized spacial score (nSPS) is 25.3. The Morgan fingerprint density at radius 2 is 2.46 bits per heavy atom. The maximum Gasteiger partial charge on any atom is 0.269 e. The molecule has 3 heterocycles. The number of piperidine rings is 1. The first-order valence-electron chi connectivity index (χ1n) is 8.02. The summed E-state index contributed by atoms with van der Waals surface area (Å²) in [4.78, 5) is 24.0. The lowest BCUT2D eigenvalue weighted by atomic mass is 9.88. The van der Waals surface area contributed by atoms with Crippen molar-refractivity contribution < 1.29 is 19.8 Å². The fraction of sp³-hybridized carbons (Fsp3) is 0.667. The van der Waals surface area contributed by atoms with Gasteiger partial charge in [0.2, 0.25) is 0 Å². The largest absolute Gasteiger partial charge is 0.394 e. The molecule has 0 aromatic carbocycles. The van der Waals surface area contributed by atoms with E-state index in [0.29, 0.717) is 31.8 Å². The molecule has 8 nitrogen and oxygen atoms in total. The number of aromatic nitrogens is 1. The van der Waals surface area contributed by atoms with Gasteiger partial charge in [-0.15, -0.1) is 11.3 Å². The van der Waals surface area contributed by atoms with Crippen LogP contribution in [-0.2, 0) is 16.2 Å². The van der Waals surface area contributed by atoms with E-state index in [4.69, 9.17) is 9.94 Å². The second-order valence-electron chi connectivity index (χ2n) is 6.33. The highest BCUT2D eigenvalue weighted by atomic mass is 32.1. The van der Waals surface area contributed by atoms with Crippen LogP contribution < -0.4 is 5.32 Å². The molecule has 1 fully saturated rings. The number of hydrogen-bond acceptors (Lipinski definition) is 8. The molecule has 9 heteroatoms. The van der Waals surface area contributed by atoms with Crippen LogP contribution in [0.1, 0.15) is 25.0 Å². The van der Waals surface area contributed by atoms with Gasteiger partial charge in [0, 0.05) is 24.9 Å². The zero-order valence-electron chi connectivity index (χ0n) is 13.3. The lowest BCUT2D eigenvalue weighted by molar-refractivity contribution is -0.115. The van der Waals surface area contributed by atoms with E-state index >= 15 is 0 Å². The van der Waals surface area contributed by atoms with Gasteiger partial charge in [-0.1, -0.05) is 5.16 Å². The molecule has 2 aliphatic rings. The zero-order chi connectivity index (χ0) is 17.0. The molecule has 3 N–H and O–H groups in total. The van der Waals surface area contributed by atoms with Crippen molar-refractivity contribution in [3.05, 3.63) is 16.6 Å². The number of carbonyl (C=O) groups excluding carboxylic acids is 1. The molecular formula is C15H22N4O4S. The molecule has 0 aliphatic carbocycles. The van der Waals surface area contributed by atoms with Gasteiger partial charge in [0.15, 0.2) is 5.60 Å². The Hall–Kier alpha value is -1.55. The number of nitrogens with one attached hydrogen (secondary N) is 1. The van der Waals surface area contributed by atoms with Gasteiger partial charge >= 0.3 is 0 Å². The summed E-state index contributed by atoms with van der Waals surface area (Å²) in [6.07, 6.45) is 1.43. The van der Waals surface area contributed by atoms with E-state index in [0.717, 1.165) is 25.1 Å². The smallest absolute Gasteiger partial charge is 0.269 e.